The fourth-order valence-corrected chi connectivity index (χ4v) is 5.45. The van der Waals surface area contributed by atoms with Gasteiger partial charge in [-0.25, -0.2) is 4.68 Å². The zero-order chi connectivity index (χ0) is 20.8. The Bertz CT molecular complexity index is 1320. The number of nitrogens with zero attached hydrogens (tertiary/aromatic N) is 3. The Kier molecular flexibility index (Phi) is 4.70. The van der Waals surface area contributed by atoms with E-state index in [0.29, 0.717) is 17.8 Å². The van der Waals surface area contributed by atoms with Crippen LogP contribution in [0.5, 0.6) is 0 Å². The maximum atomic E-state index is 13.3. The van der Waals surface area contributed by atoms with Crippen molar-refractivity contribution in [3.05, 3.63) is 69.1 Å². The molecule has 0 saturated carbocycles. The van der Waals surface area contributed by atoms with Gasteiger partial charge in [0.15, 0.2) is 0 Å². The second kappa shape index (κ2) is 7.40. The van der Waals surface area contributed by atoms with Crippen LogP contribution < -0.4 is 10.9 Å². The Morgan fingerprint density at radius 1 is 1.30 bits per heavy atom. The SMILES string of the molecule is CC[C@H](C(=O)N[C@@H]1CCCc2ccccc21)n1nc(C)n2c(cc3sccc32)c1=O. The number of fused-ring (bicyclic) bond motifs is 4. The number of aryl methyl sites for hydroxylation is 2. The summed E-state index contributed by atoms with van der Waals surface area (Å²) in [6.07, 6.45) is 3.50. The number of rotatable bonds is 4. The van der Waals surface area contributed by atoms with Crippen molar-refractivity contribution < 1.29 is 4.79 Å². The molecule has 0 unspecified atom stereocenters. The van der Waals surface area contributed by atoms with Gasteiger partial charge in [0.05, 0.1) is 16.3 Å². The van der Waals surface area contributed by atoms with Gasteiger partial charge in [-0.1, -0.05) is 31.2 Å². The highest BCUT2D eigenvalue weighted by Crippen LogP contribution is 2.30. The van der Waals surface area contributed by atoms with Crippen molar-refractivity contribution in [2.45, 2.75) is 51.6 Å². The van der Waals surface area contributed by atoms with Gasteiger partial charge in [0.1, 0.15) is 17.4 Å². The zero-order valence-electron chi connectivity index (χ0n) is 17.1. The summed E-state index contributed by atoms with van der Waals surface area (Å²) in [5.74, 6) is 0.554. The molecule has 1 aromatic carbocycles. The zero-order valence-corrected chi connectivity index (χ0v) is 17.9. The highest BCUT2D eigenvalue weighted by molar-refractivity contribution is 7.17. The first-order chi connectivity index (χ1) is 14.6. The van der Waals surface area contributed by atoms with Crippen molar-refractivity contribution in [1.29, 1.82) is 0 Å². The molecule has 0 radical (unpaired) electrons. The first kappa shape index (κ1) is 19.1. The van der Waals surface area contributed by atoms with Gasteiger partial charge >= 0.3 is 0 Å². The predicted octanol–water partition coefficient (Wildman–Crippen LogP) is 4.16. The van der Waals surface area contributed by atoms with E-state index < -0.39 is 6.04 Å². The first-order valence-corrected chi connectivity index (χ1v) is 11.3. The Hall–Kier alpha value is -2.93. The molecule has 1 N–H and O–H groups in total. The number of carbonyl (C=O) groups is 1. The molecule has 0 saturated heterocycles. The molecule has 1 amide bonds. The van der Waals surface area contributed by atoms with Crippen LogP contribution >= 0.6 is 11.3 Å². The molecule has 3 aromatic heterocycles. The lowest BCUT2D eigenvalue weighted by Gasteiger charge is -2.28. The van der Waals surface area contributed by atoms with E-state index in [1.54, 1.807) is 11.3 Å². The summed E-state index contributed by atoms with van der Waals surface area (Å²) < 4.78 is 4.30. The Labute approximate surface area is 178 Å². The number of thiophene rings is 1. The van der Waals surface area contributed by atoms with Crippen LogP contribution in [0.25, 0.3) is 15.7 Å². The van der Waals surface area contributed by atoms with Gasteiger partial charge in [0.25, 0.3) is 5.56 Å². The maximum absolute atomic E-state index is 13.3. The number of carbonyl (C=O) groups excluding carboxylic acids is 1. The number of nitrogens with one attached hydrogen (secondary N) is 1. The van der Waals surface area contributed by atoms with Crippen molar-refractivity contribution >= 4 is 33.0 Å². The lowest BCUT2D eigenvalue weighted by molar-refractivity contribution is -0.125. The summed E-state index contributed by atoms with van der Waals surface area (Å²) in [5.41, 5.74) is 3.81. The van der Waals surface area contributed by atoms with Crippen LogP contribution in [0.1, 0.15) is 55.2 Å². The highest BCUT2D eigenvalue weighted by Gasteiger charge is 2.28. The average molecular weight is 421 g/mol. The second-order valence-corrected chi connectivity index (χ2v) is 8.86. The molecule has 154 valence electrons. The third-order valence-corrected chi connectivity index (χ3v) is 6.95. The molecule has 0 spiro atoms. The molecule has 1 aliphatic rings. The Balaban J connectivity index is 1.51. The van der Waals surface area contributed by atoms with E-state index in [0.717, 1.165) is 29.5 Å². The minimum absolute atomic E-state index is 0.0179. The number of benzene rings is 1. The largest absolute Gasteiger partial charge is 0.347 e. The van der Waals surface area contributed by atoms with Crippen molar-refractivity contribution in [2.24, 2.45) is 0 Å². The normalized spacial score (nSPS) is 17.2. The molecule has 6 nitrogen and oxygen atoms in total. The summed E-state index contributed by atoms with van der Waals surface area (Å²) in [6.45, 7) is 3.80. The smallest absolute Gasteiger partial charge is 0.291 e. The van der Waals surface area contributed by atoms with Crippen LogP contribution in [0, 0.1) is 6.92 Å². The second-order valence-electron chi connectivity index (χ2n) is 7.91. The van der Waals surface area contributed by atoms with E-state index in [1.165, 1.54) is 15.8 Å². The molecule has 3 heterocycles. The molecule has 1 aliphatic carbocycles. The molecule has 0 fully saturated rings. The topological polar surface area (TPSA) is 68.4 Å². The van der Waals surface area contributed by atoms with Gasteiger partial charge in [-0.15, -0.1) is 11.3 Å². The number of amides is 1. The van der Waals surface area contributed by atoms with Gasteiger partial charge in [-0.05, 0) is 61.2 Å². The van der Waals surface area contributed by atoms with E-state index >= 15 is 0 Å². The van der Waals surface area contributed by atoms with Crippen LogP contribution in [0.3, 0.4) is 0 Å². The quantitative estimate of drug-likeness (QED) is 0.539. The molecular formula is C23H24N4O2S. The molecule has 7 heteroatoms. The van der Waals surface area contributed by atoms with Crippen LogP contribution in [0.2, 0.25) is 0 Å². The number of aromatic nitrogens is 3. The predicted molar refractivity (Wildman–Crippen MR) is 119 cm³/mol. The van der Waals surface area contributed by atoms with Crippen molar-refractivity contribution in [3.63, 3.8) is 0 Å². The highest BCUT2D eigenvalue weighted by atomic mass is 32.1. The fourth-order valence-electron chi connectivity index (χ4n) is 4.65. The molecule has 0 aliphatic heterocycles. The minimum atomic E-state index is -0.636. The van der Waals surface area contributed by atoms with Crippen LogP contribution in [-0.4, -0.2) is 20.1 Å². The molecule has 2 atom stereocenters. The lowest BCUT2D eigenvalue weighted by Crippen LogP contribution is -2.41. The van der Waals surface area contributed by atoms with Gasteiger partial charge in [-0.2, -0.15) is 5.10 Å². The molecule has 30 heavy (non-hydrogen) atoms. The third-order valence-electron chi connectivity index (χ3n) is 6.10. The summed E-state index contributed by atoms with van der Waals surface area (Å²) in [6, 6.07) is 11.5. The van der Waals surface area contributed by atoms with Gasteiger partial charge < -0.3 is 5.32 Å². The molecular weight excluding hydrogens is 396 g/mol. The number of hydrogen-bond donors (Lipinski definition) is 1. The molecule has 0 bridgehead atoms. The van der Waals surface area contributed by atoms with E-state index in [2.05, 4.69) is 22.5 Å². The first-order valence-electron chi connectivity index (χ1n) is 10.4. The standard InChI is InChI=1S/C23H24N4O2S/c1-3-18(22(28)24-17-10-6-8-15-7-4-5-9-16(15)17)27-23(29)20-13-21-19(11-12-30-21)26(20)14(2)25-27/h4-5,7,9,11-13,17-18H,3,6,8,10H2,1-2H3,(H,24,28)/t17-,18-/m1/s1. The van der Waals surface area contributed by atoms with Crippen LogP contribution in [-0.2, 0) is 11.2 Å². The Morgan fingerprint density at radius 2 is 2.13 bits per heavy atom. The van der Waals surface area contributed by atoms with E-state index in [9.17, 15) is 9.59 Å². The van der Waals surface area contributed by atoms with E-state index in [-0.39, 0.29) is 17.5 Å². The van der Waals surface area contributed by atoms with Crippen LogP contribution in [0.15, 0.2) is 46.6 Å². The van der Waals surface area contributed by atoms with Crippen molar-refractivity contribution in [3.8, 4) is 0 Å². The third kappa shape index (κ3) is 2.96. The van der Waals surface area contributed by atoms with Gasteiger partial charge in [0, 0.05) is 0 Å². The fraction of sp³-hybridized carbons (Fsp3) is 0.348. The minimum Gasteiger partial charge on any atom is -0.347 e. The van der Waals surface area contributed by atoms with Gasteiger partial charge in [-0.3, -0.25) is 14.0 Å². The van der Waals surface area contributed by atoms with Gasteiger partial charge in [0.2, 0.25) is 5.91 Å². The maximum Gasteiger partial charge on any atom is 0.291 e. The molecule has 4 aromatic rings. The van der Waals surface area contributed by atoms with Crippen molar-refractivity contribution in [2.75, 3.05) is 0 Å². The lowest BCUT2D eigenvalue weighted by atomic mass is 9.87. The summed E-state index contributed by atoms with van der Waals surface area (Å²) in [5, 5.41) is 9.75. The Morgan fingerprint density at radius 3 is 2.97 bits per heavy atom. The van der Waals surface area contributed by atoms with Crippen LogP contribution in [0.4, 0.5) is 0 Å². The number of hydrogen-bond acceptors (Lipinski definition) is 4. The summed E-state index contributed by atoms with van der Waals surface area (Å²) in [4.78, 5) is 26.5. The van der Waals surface area contributed by atoms with Crippen molar-refractivity contribution in [1.82, 2.24) is 19.5 Å². The summed E-state index contributed by atoms with van der Waals surface area (Å²) in [7, 11) is 0. The molecule has 5 rings (SSSR count). The average Bonchev–Trinajstić information content (AvgIpc) is 3.34. The summed E-state index contributed by atoms with van der Waals surface area (Å²) >= 11 is 1.60. The van der Waals surface area contributed by atoms with E-state index in [4.69, 9.17) is 0 Å². The monoisotopic (exact) mass is 420 g/mol. The van der Waals surface area contributed by atoms with E-state index in [1.807, 2.05) is 47.9 Å².